The van der Waals surface area contributed by atoms with Crippen LogP contribution in [-0.4, -0.2) is 13.7 Å². The van der Waals surface area contributed by atoms with E-state index in [1.165, 1.54) is 16.8 Å². The highest BCUT2D eigenvalue weighted by Crippen LogP contribution is 2.26. The zero-order chi connectivity index (χ0) is 15.2. The minimum absolute atomic E-state index is 0.549. The third-order valence-electron chi connectivity index (χ3n) is 3.78. The minimum atomic E-state index is 0.549. The number of rotatable bonds is 6. The normalized spacial score (nSPS) is 10.5. The van der Waals surface area contributed by atoms with Gasteiger partial charge < -0.3 is 15.4 Å². The summed E-state index contributed by atoms with van der Waals surface area (Å²) in [5, 5.41) is 0. The maximum Gasteiger partial charge on any atom is 0.123 e. The van der Waals surface area contributed by atoms with Crippen LogP contribution in [0.2, 0.25) is 0 Å². The Morgan fingerprint density at radius 2 is 1.90 bits per heavy atom. The smallest absolute Gasteiger partial charge is 0.123 e. The third kappa shape index (κ3) is 3.56. The van der Waals surface area contributed by atoms with Crippen molar-refractivity contribution in [1.29, 1.82) is 0 Å². The van der Waals surface area contributed by atoms with Gasteiger partial charge in [0.1, 0.15) is 5.75 Å². The van der Waals surface area contributed by atoms with Crippen molar-refractivity contribution in [2.24, 2.45) is 5.73 Å². The summed E-state index contributed by atoms with van der Waals surface area (Å²) in [6.07, 6.45) is 0. The monoisotopic (exact) mass is 284 g/mol. The molecule has 2 aromatic carbocycles. The fraction of sp³-hybridized carbons (Fsp3) is 0.333. The molecule has 112 valence electrons. The second-order valence-corrected chi connectivity index (χ2v) is 5.15. The Morgan fingerprint density at radius 3 is 2.52 bits per heavy atom. The van der Waals surface area contributed by atoms with Gasteiger partial charge in [0.25, 0.3) is 0 Å². The first-order chi connectivity index (χ1) is 10.2. The number of anilines is 1. The maximum atomic E-state index is 5.75. The van der Waals surface area contributed by atoms with Gasteiger partial charge in [-0.3, -0.25) is 0 Å². The highest BCUT2D eigenvalue weighted by molar-refractivity contribution is 5.54. The quantitative estimate of drug-likeness (QED) is 0.882. The largest absolute Gasteiger partial charge is 0.496 e. The summed E-state index contributed by atoms with van der Waals surface area (Å²) in [4.78, 5) is 2.35. The van der Waals surface area contributed by atoms with Gasteiger partial charge in [0.15, 0.2) is 0 Å². The summed E-state index contributed by atoms with van der Waals surface area (Å²) < 4.78 is 5.49. The molecule has 0 bridgehead atoms. The number of para-hydroxylation sites is 1. The van der Waals surface area contributed by atoms with E-state index < -0.39 is 0 Å². The lowest BCUT2D eigenvalue weighted by Crippen LogP contribution is -2.23. The summed E-state index contributed by atoms with van der Waals surface area (Å²) in [7, 11) is 1.71. The number of nitrogens with zero attached hydrogens (tertiary/aromatic N) is 1. The number of hydrogen-bond acceptors (Lipinski definition) is 3. The topological polar surface area (TPSA) is 38.5 Å². The standard InChI is InChI=1S/C18H24N2O/c1-4-20(17-8-6-5-7-14(17)2)13-16-11-15(12-19)9-10-18(16)21-3/h5-11H,4,12-13,19H2,1-3H3. The Hall–Kier alpha value is -2.00. The average Bonchev–Trinajstić information content (AvgIpc) is 2.53. The molecule has 0 unspecified atom stereocenters. The molecule has 0 aromatic heterocycles. The molecule has 2 aromatic rings. The van der Waals surface area contributed by atoms with E-state index in [2.05, 4.69) is 49.1 Å². The van der Waals surface area contributed by atoms with Gasteiger partial charge in [-0.2, -0.15) is 0 Å². The molecule has 3 heteroatoms. The van der Waals surface area contributed by atoms with Crippen LogP contribution in [0.3, 0.4) is 0 Å². The van der Waals surface area contributed by atoms with Crippen LogP contribution in [0.25, 0.3) is 0 Å². The highest BCUT2D eigenvalue weighted by Gasteiger charge is 2.11. The van der Waals surface area contributed by atoms with E-state index in [9.17, 15) is 0 Å². The average molecular weight is 284 g/mol. The fourth-order valence-corrected chi connectivity index (χ4v) is 2.57. The Bertz CT molecular complexity index is 596. The number of benzene rings is 2. The van der Waals surface area contributed by atoms with Crippen molar-refractivity contribution in [2.45, 2.75) is 26.9 Å². The number of nitrogens with two attached hydrogens (primary N) is 1. The van der Waals surface area contributed by atoms with Crippen molar-refractivity contribution in [3.05, 3.63) is 59.2 Å². The molecule has 0 aliphatic carbocycles. The van der Waals surface area contributed by atoms with Gasteiger partial charge in [0.2, 0.25) is 0 Å². The van der Waals surface area contributed by atoms with Crippen molar-refractivity contribution in [1.82, 2.24) is 0 Å². The van der Waals surface area contributed by atoms with E-state index in [1.54, 1.807) is 7.11 Å². The van der Waals surface area contributed by atoms with Gasteiger partial charge in [-0.15, -0.1) is 0 Å². The van der Waals surface area contributed by atoms with Gasteiger partial charge in [0.05, 0.1) is 7.11 Å². The molecular formula is C18H24N2O. The zero-order valence-electron chi connectivity index (χ0n) is 13.1. The number of ether oxygens (including phenoxy) is 1. The van der Waals surface area contributed by atoms with Gasteiger partial charge in [0, 0.05) is 30.9 Å². The zero-order valence-corrected chi connectivity index (χ0v) is 13.1. The molecule has 0 saturated heterocycles. The molecule has 2 N–H and O–H groups in total. The van der Waals surface area contributed by atoms with E-state index in [0.717, 1.165) is 24.4 Å². The number of aryl methyl sites for hydroxylation is 1. The Morgan fingerprint density at radius 1 is 1.14 bits per heavy atom. The third-order valence-corrected chi connectivity index (χ3v) is 3.78. The van der Waals surface area contributed by atoms with Gasteiger partial charge in [-0.25, -0.2) is 0 Å². The molecule has 0 saturated carbocycles. The molecule has 0 radical (unpaired) electrons. The lowest BCUT2D eigenvalue weighted by Gasteiger charge is -2.26. The molecule has 3 nitrogen and oxygen atoms in total. The van der Waals surface area contributed by atoms with E-state index in [1.807, 2.05) is 12.1 Å². The van der Waals surface area contributed by atoms with Crippen molar-refractivity contribution in [2.75, 3.05) is 18.6 Å². The van der Waals surface area contributed by atoms with Crippen LogP contribution in [-0.2, 0) is 13.1 Å². The van der Waals surface area contributed by atoms with E-state index in [4.69, 9.17) is 10.5 Å². The lowest BCUT2D eigenvalue weighted by atomic mass is 10.1. The predicted octanol–water partition coefficient (Wildman–Crippen LogP) is 3.49. The molecule has 0 fully saturated rings. The summed E-state index contributed by atoms with van der Waals surface area (Å²) in [6.45, 7) is 6.63. The Labute approximate surface area is 127 Å². The van der Waals surface area contributed by atoms with E-state index >= 15 is 0 Å². The molecule has 21 heavy (non-hydrogen) atoms. The molecule has 0 aliphatic heterocycles. The minimum Gasteiger partial charge on any atom is -0.496 e. The van der Waals surface area contributed by atoms with E-state index in [-0.39, 0.29) is 0 Å². The van der Waals surface area contributed by atoms with Crippen LogP contribution >= 0.6 is 0 Å². The van der Waals surface area contributed by atoms with Crippen LogP contribution in [0.15, 0.2) is 42.5 Å². The summed E-state index contributed by atoms with van der Waals surface area (Å²) in [5.74, 6) is 0.916. The van der Waals surface area contributed by atoms with Crippen LogP contribution < -0.4 is 15.4 Å². The Kier molecular flexibility index (Phi) is 5.23. The van der Waals surface area contributed by atoms with E-state index in [0.29, 0.717) is 6.54 Å². The first-order valence-corrected chi connectivity index (χ1v) is 7.36. The van der Waals surface area contributed by atoms with Crippen molar-refractivity contribution in [3.63, 3.8) is 0 Å². The molecular weight excluding hydrogens is 260 g/mol. The maximum absolute atomic E-state index is 5.75. The van der Waals surface area contributed by atoms with Crippen molar-refractivity contribution >= 4 is 5.69 Å². The number of methoxy groups -OCH3 is 1. The van der Waals surface area contributed by atoms with Gasteiger partial charge in [-0.1, -0.05) is 24.3 Å². The van der Waals surface area contributed by atoms with Gasteiger partial charge in [-0.05, 0) is 43.2 Å². The van der Waals surface area contributed by atoms with Gasteiger partial charge >= 0.3 is 0 Å². The molecule has 0 heterocycles. The molecule has 0 atom stereocenters. The first-order valence-electron chi connectivity index (χ1n) is 7.36. The molecule has 2 rings (SSSR count). The second kappa shape index (κ2) is 7.14. The Balaban J connectivity index is 2.32. The molecule has 0 aliphatic rings. The van der Waals surface area contributed by atoms with Crippen LogP contribution in [0.1, 0.15) is 23.6 Å². The number of hydrogen-bond donors (Lipinski definition) is 1. The first kappa shape index (κ1) is 15.4. The SMILES string of the molecule is CCN(Cc1cc(CN)ccc1OC)c1ccccc1C. The molecule has 0 spiro atoms. The highest BCUT2D eigenvalue weighted by atomic mass is 16.5. The van der Waals surface area contributed by atoms with Crippen LogP contribution in [0.5, 0.6) is 5.75 Å². The van der Waals surface area contributed by atoms with Crippen molar-refractivity contribution in [3.8, 4) is 5.75 Å². The lowest BCUT2D eigenvalue weighted by molar-refractivity contribution is 0.409. The summed E-state index contributed by atoms with van der Waals surface area (Å²) >= 11 is 0. The summed E-state index contributed by atoms with van der Waals surface area (Å²) in [6, 6.07) is 14.6. The fourth-order valence-electron chi connectivity index (χ4n) is 2.57. The van der Waals surface area contributed by atoms with Crippen LogP contribution in [0.4, 0.5) is 5.69 Å². The van der Waals surface area contributed by atoms with Crippen LogP contribution in [0, 0.1) is 6.92 Å². The second-order valence-electron chi connectivity index (χ2n) is 5.15. The predicted molar refractivity (Wildman–Crippen MR) is 88.8 cm³/mol. The summed E-state index contributed by atoms with van der Waals surface area (Å²) in [5.41, 5.74) is 10.6. The molecule has 0 amide bonds. The van der Waals surface area contributed by atoms with Crippen molar-refractivity contribution < 1.29 is 4.74 Å².